The second-order valence-corrected chi connectivity index (χ2v) is 2.23. The van der Waals surface area contributed by atoms with Gasteiger partial charge in [-0.15, -0.1) is 0 Å². The number of pyridine rings is 1. The van der Waals surface area contributed by atoms with Crippen LogP contribution in [-0.2, 0) is 0 Å². The van der Waals surface area contributed by atoms with Gasteiger partial charge in [0, 0.05) is 0 Å². The molecule has 0 fully saturated rings. The maximum Gasteiger partial charge on any atom is 0.365 e. The molecule has 6 heteroatoms. The van der Waals surface area contributed by atoms with Crippen LogP contribution in [0.5, 0.6) is 0 Å². The van der Waals surface area contributed by atoms with Crippen molar-refractivity contribution < 1.29 is 4.92 Å². The van der Waals surface area contributed by atoms with Crippen LogP contribution >= 0.6 is 11.6 Å². The maximum absolute atomic E-state index is 10.1. The lowest BCUT2D eigenvalue weighted by atomic mass is 10.4. The number of nitrogens with two attached hydrogens (primary N) is 1. The molecule has 0 amide bonds. The number of rotatable bonds is 1. The van der Waals surface area contributed by atoms with E-state index in [1.807, 2.05) is 0 Å². The van der Waals surface area contributed by atoms with Crippen molar-refractivity contribution >= 4 is 23.1 Å². The Morgan fingerprint density at radius 1 is 1.73 bits per heavy atom. The molecule has 0 aliphatic carbocycles. The average molecular weight is 174 g/mol. The lowest BCUT2D eigenvalue weighted by Gasteiger charge is -1.94. The SMILES string of the molecule is Nc1cc([N+](=O)[O-])ncc1Cl. The highest BCUT2D eigenvalue weighted by Crippen LogP contribution is 2.20. The molecule has 0 aliphatic heterocycles. The van der Waals surface area contributed by atoms with Crippen LogP contribution in [0.3, 0.4) is 0 Å². The zero-order valence-corrected chi connectivity index (χ0v) is 6.08. The summed E-state index contributed by atoms with van der Waals surface area (Å²) in [5, 5.41) is 10.3. The van der Waals surface area contributed by atoms with Gasteiger partial charge in [-0.05, 0) is 9.91 Å². The van der Waals surface area contributed by atoms with E-state index in [0.29, 0.717) is 0 Å². The summed E-state index contributed by atoms with van der Waals surface area (Å²) in [6.07, 6.45) is 1.15. The number of aromatic nitrogens is 1. The number of hydrogen-bond acceptors (Lipinski definition) is 4. The number of nitro groups is 1. The standard InChI is InChI=1S/C5H4ClN3O2/c6-3-2-8-5(9(10)11)1-4(3)7/h1-2H,(H2,7,8). The van der Waals surface area contributed by atoms with Crippen LogP contribution < -0.4 is 5.73 Å². The number of nitrogen functional groups attached to an aromatic ring is 1. The van der Waals surface area contributed by atoms with Crippen molar-refractivity contribution in [3.63, 3.8) is 0 Å². The molecule has 1 heterocycles. The Hall–Kier alpha value is -1.36. The molecule has 0 saturated carbocycles. The lowest BCUT2D eigenvalue weighted by molar-refractivity contribution is -0.389. The smallest absolute Gasteiger partial charge is 0.365 e. The van der Waals surface area contributed by atoms with Crippen molar-refractivity contribution in [3.05, 3.63) is 27.4 Å². The van der Waals surface area contributed by atoms with Crippen molar-refractivity contribution in [2.45, 2.75) is 0 Å². The van der Waals surface area contributed by atoms with Crippen molar-refractivity contribution in [1.29, 1.82) is 0 Å². The van der Waals surface area contributed by atoms with Crippen LogP contribution in [0.1, 0.15) is 0 Å². The Bertz CT molecular complexity index is 302. The van der Waals surface area contributed by atoms with Crippen LogP contribution in [-0.4, -0.2) is 9.91 Å². The first-order chi connectivity index (χ1) is 5.11. The van der Waals surface area contributed by atoms with Crippen LogP contribution in [0, 0.1) is 10.1 Å². The van der Waals surface area contributed by atoms with Crippen molar-refractivity contribution in [2.75, 3.05) is 5.73 Å². The maximum atomic E-state index is 10.1. The summed E-state index contributed by atoms with van der Waals surface area (Å²) in [4.78, 5) is 12.9. The predicted octanol–water partition coefficient (Wildman–Crippen LogP) is 1.23. The first-order valence-electron chi connectivity index (χ1n) is 2.66. The normalized spacial score (nSPS) is 9.55. The molecule has 1 aromatic rings. The Labute approximate surface area is 66.9 Å². The van der Waals surface area contributed by atoms with Gasteiger partial charge in [-0.25, -0.2) is 0 Å². The van der Waals surface area contributed by atoms with Gasteiger partial charge >= 0.3 is 5.82 Å². The van der Waals surface area contributed by atoms with Gasteiger partial charge in [0.1, 0.15) is 5.02 Å². The third-order valence-electron chi connectivity index (χ3n) is 1.06. The second kappa shape index (κ2) is 2.71. The highest BCUT2D eigenvalue weighted by molar-refractivity contribution is 6.32. The molecule has 11 heavy (non-hydrogen) atoms. The molecule has 58 valence electrons. The predicted molar refractivity (Wildman–Crippen MR) is 40.3 cm³/mol. The Balaban J connectivity index is 3.15. The highest BCUT2D eigenvalue weighted by Gasteiger charge is 2.08. The molecular formula is C5H4ClN3O2. The van der Waals surface area contributed by atoms with Crippen molar-refractivity contribution in [2.24, 2.45) is 0 Å². The van der Waals surface area contributed by atoms with Crippen LogP contribution in [0.4, 0.5) is 11.5 Å². The van der Waals surface area contributed by atoms with E-state index in [4.69, 9.17) is 17.3 Å². The summed E-state index contributed by atoms with van der Waals surface area (Å²) in [6, 6.07) is 1.11. The van der Waals surface area contributed by atoms with Crippen LogP contribution in [0.25, 0.3) is 0 Å². The summed E-state index contributed by atoms with van der Waals surface area (Å²) < 4.78 is 0. The molecule has 5 nitrogen and oxygen atoms in total. The zero-order valence-electron chi connectivity index (χ0n) is 5.32. The van der Waals surface area contributed by atoms with Gasteiger partial charge in [0.15, 0.2) is 6.20 Å². The third kappa shape index (κ3) is 1.56. The van der Waals surface area contributed by atoms with Crippen LogP contribution in [0.2, 0.25) is 5.02 Å². The monoisotopic (exact) mass is 173 g/mol. The topological polar surface area (TPSA) is 82.0 Å². The highest BCUT2D eigenvalue weighted by atomic mass is 35.5. The van der Waals surface area contributed by atoms with E-state index in [0.717, 1.165) is 12.3 Å². The summed E-state index contributed by atoms with van der Waals surface area (Å²) in [5.74, 6) is -0.299. The van der Waals surface area contributed by atoms with Gasteiger partial charge in [0.2, 0.25) is 0 Å². The molecule has 0 radical (unpaired) electrons. The largest absolute Gasteiger partial charge is 0.397 e. The molecule has 0 saturated heterocycles. The number of hydrogen-bond donors (Lipinski definition) is 1. The average Bonchev–Trinajstić information content (AvgIpc) is 1.94. The van der Waals surface area contributed by atoms with E-state index in [1.54, 1.807) is 0 Å². The van der Waals surface area contributed by atoms with Gasteiger partial charge in [-0.3, -0.25) is 0 Å². The molecule has 0 aromatic carbocycles. The molecule has 0 aliphatic rings. The fourth-order valence-corrected chi connectivity index (χ4v) is 0.646. The van der Waals surface area contributed by atoms with E-state index < -0.39 is 4.92 Å². The molecule has 0 bridgehead atoms. The quantitative estimate of drug-likeness (QED) is 0.511. The van der Waals surface area contributed by atoms with E-state index in [2.05, 4.69) is 4.98 Å². The third-order valence-corrected chi connectivity index (χ3v) is 1.37. The van der Waals surface area contributed by atoms with Gasteiger partial charge < -0.3 is 15.8 Å². The van der Waals surface area contributed by atoms with E-state index in [-0.39, 0.29) is 16.5 Å². The Morgan fingerprint density at radius 2 is 2.36 bits per heavy atom. The number of halogens is 1. The molecular weight excluding hydrogens is 170 g/mol. The van der Waals surface area contributed by atoms with Crippen molar-refractivity contribution in [1.82, 2.24) is 4.98 Å². The fraction of sp³-hybridized carbons (Fsp3) is 0. The van der Waals surface area contributed by atoms with Crippen LogP contribution in [0.15, 0.2) is 12.3 Å². The van der Waals surface area contributed by atoms with Gasteiger partial charge in [-0.2, -0.15) is 0 Å². The molecule has 0 spiro atoms. The second-order valence-electron chi connectivity index (χ2n) is 1.82. The zero-order chi connectivity index (χ0) is 8.43. The van der Waals surface area contributed by atoms with E-state index in [1.165, 1.54) is 0 Å². The molecule has 2 N–H and O–H groups in total. The summed E-state index contributed by atoms with van der Waals surface area (Å²) in [6.45, 7) is 0. The first-order valence-corrected chi connectivity index (χ1v) is 3.04. The summed E-state index contributed by atoms with van der Waals surface area (Å²) in [5.41, 5.74) is 5.44. The lowest BCUT2D eigenvalue weighted by Crippen LogP contribution is -1.94. The van der Waals surface area contributed by atoms with E-state index >= 15 is 0 Å². The molecule has 1 aromatic heterocycles. The summed E-state index contributed by atoms with van der Waals surface area (Å²) in [7, 11) is 0. The van der Waals surface area contributed by atoms with Gasteiger partial charge in [0.25, 0.3) is 0 Å². The van der Waals surface area contributed by atoms with Crippen molar-refractivity contribution in [3.8, 4) is 0 Å². The molecule has 1 rings (SSSR count). The van der Waals surface area contributed by atoms with E-state index in [9.17, 15) is 10.1 Å². The Kier molecular flexibility index (Phi) is 1.91. The minimum atomic E-state index is -0.632. The fourth-order valence-electron chi connectivity index (χ4n) is 0.542. The molecule has 0 unspecified atom stereocenters. The van der Waals surface area contributed by atoms with Gasteiger partial charge in [0.05, 0.1) is 11.8 Å². The minimum Gasteiger partial charge on any atom is -0.397 e. The Morgan fingerprint density at radius 3 is 2.82 bits per heavy atom. The molecule has 0 atom stereocenters. The first kappa shape index (κ1) is 7.74. The minimum absolute atomic E-state index is 0.161. The number of nitrogens with zero attached hydrogens (tertiary/aromatic N) is 2. The summed E-state index contributed by atoms with van der Waals surface area (Å²) >= 11 is 5.48. The van der Waals surface area contributed by atoms with Gasteiger partial charge in [-0.1, -0.05) is 11.6 Å². The number of anilines is 1.